The Morgan fingerprint density at radius 3 is 2.32 bits per heavy atom. The van der Waals surface area contributed by atoms with Gasteiger partial charge in [-0.15, -0.1) is 0 Å². The summed E-state index contributed by atoms with van der Waals surface area (Å²) in [5.41, 5.74) is -2.28. The van der Waals surface area contributed by atoms with Gasteiger partial charge < -0.3 is 14.2 Å². The van der Waals surface area contributed by atoms with Gasteiger partial charge in [-0.2, -0.15) is 0 Å². The van der Waals surface area contributed by atoms with E-state index in [4.69, 9.17) is 9.47 Å². The maximum atomic E-state index is 12.4. The standard InChI is InChI=1S/C17H15NO7/c1-23-15-9-7-13(8-10-15)11-24-16(20)17(18(21)22,25-12-19)14-5-3-2-4-6-14/h2-10,12H,11H2,1H3. The SMILES string of the molecule is COc1ccc(COC(=O)C(OC=O)(c2ccccc2)[N+](=O)[O-])cc1. The van der Waals surface area contributed by atoms with E-state index in [1.807, 2.05) is 0 Å². The molecule has 0 amide bonds. The fourth-order valence-corrected chi connectivity index (χ4v) is 2.16. The van der Waals surface area contributed by atoms with Crippen LogP contribution >= 0.6 is 0 Å². The molecule has 8 heteroatoms. The lowest BCUT2D eigenvalue weighted by Crippen LogP contribution is -2.47. The van der Waals surface area contributed by atoms with Crippen molar-refractivity contribution in [3.8, 4) is 5.75 Å². The van der Waals surface area contributed by atoms with Crippen LogP contribution in [0.2, 0.25) is 0 Å². The zero-order valence-electron chi connectivity index (χ0n) is 13.3. The van der Waals surface area contributed by atoms with Crippen molar-refractivity contribution in [2.45, 2.75) is 12.3 Å². The summed E-state index contributed by atoms with van der Waals surface area (Å²) < 4.78 is 14.6. The molecule has 0 aromatic heterocycles. The van der Waals surface area contributed by atoms with E-state index in [0.717, 1.165) is 0 Å². The summed E-state index contributed by atoms with van der Waals surface area (Å²) in [6.07, 6.45) is 0. The normalized spacial score (nSPS) is 12.5. The third-order valence-corrected chi connectivity index (χ3v) is 3.45. The van der Waals surface area contributed by atoms with Crippen LogP contribution in [0.5, 0.6) is 5.75 Å². The first-order valence-corrected chi connectivity index (χ1v) is 7.16. The molecule has 0 radical (unpaired) electrons. The van der Waals surface area contributed by atoms with Gasteiger partial charge in [-0.3, -0.25) is 14.9 Å². The topological polar surface area (TPSA) is 105 Å². The predicted octanol–water partition coefficient (Wildman–Crippen LogP) is 2.04. The first-order chi connectivity index (χ1) is 12.0. The molecule has 0 bridgehead atoms. The Balaban J connectivity index is 2.25. The van der Waals surface area contributed by atoms with Gasteiger partial charge in [0.05, 0.1) is 17.6 Å². The Bertz CT molecular complexity index is 745. The first-order valence-electron chi connectivity index (χ1n) is 7.16. The highest BCUT2D eigenvalue weighted by Crippen LogP contribution is 2.28. The van der Waals surface area contributed by atoms with Crippen molar-refractivity contribution in [3.05, 3.63) is 75.8 Å². The van der Waals surface area contributed by atoms with E-state index in [2.05, 4.69) is 4.74 Å². The number of hydrogen-bond acceptors (Lipinski definition) is 7. The molecular weight excluding hydrogens is 330 g/mol. The lowest BCUT2D eigenvalue weighted by atomic mass is 10.0. The average Bonchev–Trinajstić information content (AvgIpc) is 2.65. The predicted molar refractivity (Wildman–Crippen MR) is 85.1 cm³/mol. The summed E-state index contributed by atoms with van der Waals surface area (Å²) in [5, 5.41) is 11.6. The largest absolute Gasteiger partial charge is 0.497 e. The summed E-state index contributed by atoms with van der Waals surface area (Å²) in [6, 6.07) is 13.8. The van der Waals surface area contributed by atoms with E-state index >= 15 is 0 Å². The highest BCUT2D eigenvalue weighted by molar-refractivity contribution is 5.80. The number of nitrogens with zero attached hydrogens (tertiary/aromatic N) is 1. The van der Waals surface area contributed by atoms with E-state index in [-0.39, 0.29) is 18.6 Å². The average molecular weight is 345 g/mol. The van der Waals surface area contributed by atoms with Gasteiger partial charge in [-0.25, -0.2) is 4.79 Å². The number of ether oxygens (including phenoxy) is 3. The molecule has 0 aliphatic carbocycles. The Hall–Kier alpha value is -3.42. The summed E-state index contributed by atoms with van der Waals surface area (Å²) in [5.74, 6) is -0.685. The summed E-state index contributed by atoms with van der Waals surface area (Å²) in [6.45, 7) is -0.377. The van der Waals surface area contributed by atoms with Crippen molar-refractivity contribution in [1.29, 1.82) is 0 Å². The fourth-order valence-electron chi connectivity index (χ4n) is 2.16. The summed E-state index contributed by atoms with van der Waals surface area (Å²) >= 11 is 0. The smallest absolute Gasteiger partial charge is 0.489 e. The Morgan fingerprint density at radius 2 is 1.80 bits per heavy atom. The van der Waals surface area contributed by atoms with E-state index in [9.17, 15) is 19.7 Å². The zero-order valence-corrected chi connectivity index (χ0v) is 13.3. The number of rotatable bonds is 8. The van der Waals surface area contributed by atoms with Gasteiger partial charge in [0.1, 0.15) is 12.4 Å². The van der Waals surface area contributed by atoms with Gasteiger partial charge in [0, 0.05) is 0 Å². The third kappa shape index (κ3) is 3.74. The molecule has 0 aliphatic heterocycles. The lowest BCUT2D eigenvalue weighted by molar-refractivity contribution is -0.613. The zero-order chi connectivity index (χ0) is 18.3. The second kappa shape index (κ2) is 7.91. The number of carbonyl (C=O) groups excluding carboxylic acids is 2. The second-order valence-electron chi connectivity index (χ2n) is 4.91. The van der Waals surface area contributed by atoms with E-state index < -0.39 is 16.6 Å². The van der Waals surface area contributed by atoms with Crippen LogP contribution in [0.15, 0.2) is 54.6 Å². The minimum Gasteiger partial charge on any atom is -0.497 e. The molecule has 2 rings (SSSR count). The van der Waals surface area contributed by atoms with Gasteiger partial charge >= 0.3 is 11.7 Å². The van der Waals surface area contributed by atoms with Crippen LogP contribution in [-0.2, 0) is 31.4 Å². The molecule has 2 aromatic rings. The number of nitro groups is 1. The number of esters is 1. The van der Waals surface area contributed by atoms with Crippen molar-refractivity contribution >= 4 is 12.4 Å². The van der Waals surface area contributed by atoms with Crippen LogP contribution in [0.25, 0.3) is 0 Å². The molecule has 8 nitrogen and oxygen atoms in total. The molecule has 1 unspecified atom stereocenters. The van der Waals surface area contributed by atoms with Crippen molar-refractivity contribution < 1.29 is 28.7 Å². The van der Waals surface area contributed by atoms with Gasteiger partial charge in [0.2, 0.25) is 0 Å². The third-order valence-electron chi connectivity index (χ3n) is 3.45. The molecular formula is C17H15NO7. The number of methoxy groups -OCH3 is 1. The van der Waals surface area contributed by atoms with E-state index in [1.165, 1.54) is 31.4 Å². The van der Waals surface area contributed by atoms with Crippen LogP contribution in [0.3, 0.4) is 0 Å². The van der Waals surface area contributed by atoms with Crippen LogP contribution in [0.4, 0.5) is 0 Å². The van der Waals surface area contributed by atoms with Crippen LogP contribution in [-0.4, -0.2) is 24.5 Å². The molecule has 0 aliphatic rings. The summed E-state index contributed by atoms with van der Waals surface area (Å²) in [7, 11) is 1.51. The first kappa shape index (κ1) is 17.9. The number of hydrogen-bond donors (Lipinski definition) is 0. The van der Waals surface area contributed by atoms with Gasteiger partial charge in [0.25, 0.3) is 6.47 Å². The highest BCUT2D eigenvalue weighted by atomic mass is 16.7. The van der Waals surface area contributed by atoms with Crippen LogP contribution in [0, 0.1) is 10.1 Å². The lowest BCUT2D eigenvalue weighted by Gasteiger charge is -2.21. The highest BCUT2D eigenvalue weighted by Gasteiger charge is 2.58. The van der Waals surface area contributed by atoms with Crippen molar-refractivity contribution in [2.75, 3.05) is 7.11 Å². The molecule has 25 heavy (non-hydrogen) atoms. The van der Waals surface area contributed by atoms with E-state index in [1.54, 1.807) is 30.3 Å². The van der Waals surface area contributed by atoms with Crippen LogP contribution < -0.4 is 4.74 Å². The Kier molecular flexibility index (Phi) is 5.67. The Labute approximate surface area is 143 Å². The minimum absolute atomic E-state index is 0.119. The quantitative estimate of drug-likeness (QED) is 0.237. The second-order valence-corrected chi connectivity index (χ2v) is 4.91. The molecule has 0 saturated carbocycles. The van der Waals surface area contributed by atoms with Crippen molar-refractivity contribution in [1.82, 2.24) is 0 Å². The molecule has 2 aromatic carbocycles. The van der Waals surface area contributed by atoms with Gasteiger partial charge in [0.15, 0.2) is 0 Å². The van der Waals surface area contributed by atoms with Crippen molar-refractivity contribution in [3.63, 3.8) is 0 Å². The number of carbonyl (C=O) groups is 2. The molecule has 0 fully saturated rings. The van der Waals surface area contributed by atoms with Crippen LogP contribution in [0.1, 0.15) is 11.1 Å². The van der Waals surface area contributed by atoms with E-state index in [0.29, 0.717) is 11.3 Å². The molecule has 1 atom stereocenters. The summed E-state index contributed by atoms with van der Waals surface area (Å²) in [4.78, 5) is 33.8. The molecule has 0 saturated heterocycles. The number of benzene rings is 2. The van der Waals surface area contributed by atoms with Gasteiger partial charge in [-0.1, -0.05) is 30.3 Å². The van der Waals surface area contributed by atoms with Gasteiger partial charge in [-0.05, 0) is 29.8 Å². The maximum absolute atomic E-state index is 12.4. The molecule has 130 valence electrons. The van der Waals surface area contributed by atoms with Crippen molar-refractivity contribution in [2.24, 2.45) is 0 Å². The monoisotopic (exact) mass is 345 g/mol. The Morgan fingerprint density at radius 1 is 1.16 bits per heavy atom. The molecule has 0 heterocycles. The fraction of sp³-hybridized carbons (Fsp3) is 0.176. The molecule has 0 spiro atoms. The minimum atomic E-state index is -2.75. The molecule has 0 N–H and O–H groups in total. The maximum Gasteiger partial charge on any atom is 0.489 e.